The molecule has 4 heteroatoms. The summed E-state index contributed by atoms with van der Waals surface area (Å²) in [7, 11) is 0. The van der Waals surface area contributed by atoms with E-state index in [4.69, 9.17) is 5.26 Å². The number of likely N-dealkylation sites (tertiary alicyclic amines) is 1. The van der Waals surface area contributed by atoms with Gasteiger partial charge in [0.1, 0.15) is 11.8 Å². The molecule has 1 N–H and O–H groups in total. The number of pyridine rings is 1. The van der Waals surface area contributed by atoms with Crippen LogP contribution in [0.2, 0.25) is 0 Å². The van der Waals surface area contributed by atoms with E-state index in [1.165, 1.54) is 0 Å². The van der Waals surface area contributed by atoms with Crippen LogP contribution in [0.5, 0.6) is 0 Å². The van der Waals surface area contributed by atoms with E-state index in [1.54, 1.807) is 6.20 Å². The van der Waals surface area contributed by atoms with Gasteiger partial charge < -0.3 is 5.11 Å². The molecule has 1 atom stereocenters. The van der Waals surface area contributed by atoms with Gasteiger partial charge in [0.2, 0.25) is 0 Å². The van der Waals surface area contributed by atoms with Gasteiger partial charge in [-0.1, -0.05) is 6.07 Å². The van der Waals surface area contributed by atoms with Crippen LogP contribution in [-0.4, -0.2) is 33.7 Å². The highest BCUT2D eigenvalue weighted by Gasteiger charge is 2.28. The SMILES string of the molecule is CC1(O)CCCN(Cc2cccnc2C#N)C1. The molecular weight excluding hydrogens is 214 g/mol. The monoisotopic (exact) mass is 231 g/mol. The molecule has 1 aromatic rings. The van der Waals surface area contributed by atoms with E-state index in [9.17, 15) is 5.11 Å². The fourth-order valence-electron chi connectivity index (χ4n) is 2.37. The third-order valence-electron chi connectivity index (χ3n) is 3.15. The molecule has 1 unspecified atom stereocenters. The fraction of sp³-hybridized carbons (Fsp3) is 0.538. The van der Waals surface area contributed by atoms with Crippen LogP contribution in [0.15, 0.2) is 18.3 Å². The van der Waals surface area contributed by atoms with Crippen molar-refractivity contribution in [3.05, 3.63) is 29.6 Å². The van der Waals surface area contributed by atoms with Crippen molar-refractivity contribution in [1.82, 2.24) is 9.88 Å². The number of hydrogen-bond donors (Lipinski definition) is 1. The summed E-state index contributed by atoms with van der Waals surface area (Å²) in [6.45, 7) is 4.18. The molecule has 2 heterocycles. The second-order valence-electron chi connectivity index (χ2n) is 4.93. The van der Waals surface area contributed by atoms with E-state index in [1.807, 2.05) is 19.1 Å². The van der Waals surface area contributed by atoms with Crippen molar-refractivity contribution in [2.45, 2.75) is 31.9 Å². The molecule has 0 aliphatic carbocycles. The summed E-state index contributed by atoms with van der Waals surface area (Å²) in [4.78, 5) is 6.23. The highest BCUT2D eigenvalue weighted by molar-refractivity contribution is 5.30. The van der Waals surface area contributed by atoms with Crippen LogP contribution in [0.3, 0.4) is 0 Å². The second kappa shape index (κ2) is 4.82. The normalized spacial score (nSPS) is 25.5. The third-order valence-corrected chi connectivity index (χ3v) is 3.15. The molecule has 4 nitrogen and oxygen atoms in total. The fourth-order valence-corrected chi connectivity index (χ4v) is 2.37. The lowest BCUT2D eigenvalue weighted by Crippen LogP contribution is -2.45. The van der Waals surface area contributed by atoms with Gasteiger partial charge in [-0.2, -0.15) is 5.26 Å². The molecule has 1 aliphatic heterocycles. The smallest absolute Gasteiger partial charge is 0.144 e. The third kappa shape index (κ3) is 3.02. The lowest BCUT2D eigenvalue weighted by atomic mass is 9.95. The number of aliphatic hydroxyl groups is 1. The lowest BCUT2D eigenvalue weighted by molar-refractivity contribution is -0.0181. The van der Waals surface area contributed by atoms with Crippen molar-refractivity contribution in [2.75, 3.05) is 13.1 Å². The number of rotatable bonds is 2. The topological polar surface area (TPSA) is 60.1 Å². The van der Waals surface area contributed by atoms with E-state index in [0.29, 0.717) is 18.8 Å². The van der Waals surface area contributed by atoms with Crippen LogP contribution >= 0.6 is 0 Å². The molecule has 1 fully saturated rings. The van der Waals surface area contributed by atoms with E-state index in [0.717, 1.165) is 24.9 Å². The van der Waals surface area contributed by atoms with Crippen molar-refractivity contribution < 1.29 is 5.11 Å². The van der Waals surface area contributed by atoms with Gasteiger partial charge in [0.05, 0.1) is 5.60 Å². The minimum Gasteiger partial charge on any atom is -0.389 e. The minimum absolute atomic E-state index is 0.484. The summed E-state index contributed by atoms with van der Waals surface area (Å²) in [6, 6.07) is 5.88. The van der Waals surface area contributed by atoms with Crippen LogP contribution in [-0.2, 0) is 6.54 Å². The quantitative estimate of drug-likeness (QED) is 0.833. The molecule has 0 saturated carbocycles. The van der Waals surface area contributed by atoms with Gasteiger partial charge in [-0.15, -0.1) is 0 Å². The Morgan fingerprint density at radius 2 is 2.47 bits per heavy atom. The van der Waals surface area contributed by atoms with Crippen LogP contribution in [0.25, 0.3) is 0 Å². The van der Waals surface area contributed by atoms with Gasteiger partial charge in [0.25, 0.3) is 0 Å². The Morgan fingerprint density at radius 1 is 1.65 bits per heavy atom. The van der Waals surface area contributed by atoms with Crippen LogP contribution in [0, 0.1) is 11.3 Å². The number of nitrogens with zero attached hydrogens (tertiary/aromatic N) is 3. The van der Waals surface area contributed by atoms with E-state index in [-0.39, 0.29) is 0 Å². The molecule has 1 saturated heterocycles. The molecule has 0 bridgehead atoms. The molecule has 0 spiro atoms. The summed E-state index contributed by atoms with van der Waals surface area (Å²) >= 11 is 0. The molecule has 17 heavy (non-hydrogen) atoms. The Kier molecular flexibility index (Phi) is 3.41. The van der Waals surface area contributed by atoms with Gasteiger partial charge in [-0.3, -0.25) is 4.90 Å². The summed E-state index contributed by atoms with van der Waals surface area (Å²) in [5, 5.41) is 19.0. The number of nitriles is 1. The molecule has 1 aliphatic rings. The Bertz CT molecular complexity index is 437. The van der Waals surface area contributed by atoms with E-state index in [2.05, 4.69) is 16.0 Å². The summed E-state index contributed by atoms with van der Waals surface area (Å²) in [5.41, 5.74) is 0.818. The second-order valence-corrected chi connectivity index (χ2v) is 4.93. The van der Waals surface area contributed by atoms with Gasteiger partial charge in [-0.25, -0.2) is 4.98 Å². The standard InChI is InChI=1S/C13H17N3O/c1-13(17)5-3-7-16(10-13)9-11-4-2-6-15-12(11)8-14/h2,4,6,17H,3,5,7,9-10H2,1H3. The largest absolute Gasteiger partial charge is 0.389 e. The molecule has 0 amide bonds. The van der Waals surface area contributed by atoms with Crippen molar-refractivity contribution in [3.8, 4) is 6.07 Å². The molecule has 90 valence electrons. The van der Waals surface area contributed by atoms with Crippen LogP contribution in [0.1, 0.15) is 31.0 Å². The molecule has 2 rings (SSSR count). The molecule has 0 aromatic carbocycles. The maximum absolute atomic E-state index is 10.0. The predicted molar refractivity (Wildman–Crippen MR) is 64.1 cm³/mol. The summed E-state index contributed by atoms with van der Waals surface area (Å²) < 4.78 is 0. The first kappa shape index (κ1) is 12.0. The molecule has 1 aromatic heterocycles. The Labute approximate surface area is 102 Å². The zero-order valence-corrected chi connectivity index (χ0v) is 10.1. The summed E-state index contributed by atoms with van der Waals surface area (Å²) in [6.07, 6.45) is 3.48. The van der Waals surface area contributed by atoms with Gasteiger partial charge >= 0.3 is 0 Å². The Hall–Kier alpha value is -1.44. The molecular formula is C13H17N3O. The number of hydrogen-bond acceptors (Lipinski definition) is 4. The minimum atomic E-state index is -0.604. The lowest BCUT2D eigenvalue weighted by Gasteiger charge is -2.36. The Morgan fingerprint density at radius 3 is 3.18 bits per heavy atom. The first-order valence-electron chi connectivity index (χ1n) is 5.89. The van der Waals surface area contributed by atoms with Gasteiger partial charge in [0.15, 0.2) is 0 Å². The maximum Gasteiger partial charge on any atom is 0.144 e. The average Bonchev–Trinajstić information content (AvgIpc) is 2.28. The van der Waals surface area contributed by atoms with Gasteiger partial charge in [0, 0.05) is 24.8 Å². The zero-order valence-electron chi connectivity index (χ0n) is 10.1. The Balaban J connectivity index is 2.08. The van der Waals surface area contributed by atoms with Crippen LogP contribution < -0.4 is 0 Å². The number of aromatic nitrogens is 1. The zero-order chi connectivity index (χ0) is 12.3. The van der Waals surface area contributed by atoms with Crippen molar-refractivity contribution >= 4 is 0 Å². The van der Waals surface area contributed by atoms with Crippen LogP contribution in [0.4, 0.5) is 0 Å². The molecule has 0 radical (unpaired) electrons. The van der Waals surface area contributed by atoms with E-state index < -0.39 is 5.60 Å². The van der Waals surface area contributed by atoms with Gasteiger partial charge in [-0.05, 0) is 32.4 Å². The average molecular weight is 231 g/mol. The number of piperidine rings is 1. The first-order chi connectivity index (χ1) is 8.11. The van der Waals surface area contributed by atoms with Crippen molar-refractivity contribution in [2.24, 2.45) is 0 Å². The highest BCUT2D eigenvalue weighted by Crippen LogP contribution is 2.22. The maximum atomic E-state index is 10.0. The van der Waals surface area contributed by atoms with Crippen molar-refractivity contribution in [1.29, 1.82) is 5.26 Å². The van der Waals surface area contributed by atoms with E-state index >= 15 is 0 Å². The summed E-state index contributed by atoms with van der Waals surface area (Å²) in [5.74, 6) is 0. The number of β-amino-alcohol motifs (C(OH)–C–C–N with tert-alkyl or cyclic N) is 1. The first-order valence-corrected chi connectivity index (χ1v) is 5.89. The predicted octanol–water partition coefficient (Wildman–Crippen LogP) is 1.30. The van der Waals surface area contributed by atoms with Crippen molar-refractivity contribution in [3.63, 3.8) is 0 Å². The highest BCUT2D eigenvalue weighted by atomic mass is 16.3.